The summed E-state index contributed by atoms with van der Waals surface area (Å²) >= 11 is 0. The normalized spacial score (nSPS) is 11.8. The number of carboxylic acid groups (broad SMARTS) is 1. The van der Waals surface area contributed by atoms with Gasteiger partial charge in [-0.3, -0.25) is 14.4 Å². The maximum absolute atomic E-state index is 12.3. The molecule has 0 aliphatic rings. The predicted molar refractivity (Wildman–Crippen MR) is 134 cm³/mol. The molecule has 2 N–H and O–H groups in total. The van der Waals surface area contributed by atoms with Crippen LogP contribution >= 0.6 is 0 Å². The molecule has 1 unspecified atom stereocenters. The Morgan fingerprint density at radius 1 is 0.667 bits per heavy atom. The standard InChI is InChI=1S/C27H51NO5/c1-3-5-7-9-10-11-12-18-22-27(32)33-24(19-15-8-6-4-2)20-16-13-14-17-21-25(29)28-23-26(30)31/h24H,3-23H2,1-2H3,(H,28,29)(H,30,31). The lowest BCUT2D eigenvalue weighted by molar-refractivity contribution is -0.150. The van der Waals surface area contributed by atoms with E-state index in [0.717, 1.165) is 57.8 Å². The number of esters is 1. The van der Waals surface area contributed by atoms with Crippen LogP contribution in [0.4, 0.5) is 0 Å². The van der Waals surface area contributed by atoms with Crippen molar-refractivity contribution in [3.63, 3.8) is 0 Å². The number of hydrogen-bond donors (Lipinski definition) is 2. The summed E-state index contributed by atoms with van der Waals surface area (Å²) in [7, 11) is 0. The number of unbranched alkanes of at least 4 members (excludes halogenated alkanes) is 13. The zero-order valence-corrected chi connectivity index (χ0v) is 21.5. The molecule has 0 rings (SSSR count). The van der Waals surface area contributed by atoms with Crippen LogP contribution in [0.3, 0.4) is 0 Å². The van der Waals surface area contributed by atoms with E-state index in [1.165, 1.54) is 57.8 Å². The van der Waals surface area contributed by atoms with Crippen molar-refractivity contribution in [3.8, 4) is 0 Å². The van der Waals surface area contributed by atoms with Gasteiger partial charge in [0.15, 0.2) is 0 Å². The predicted octanol–water partition coefficient (Wildman–Crippen LogP) is 6.94. The molecule has 6 heteroatoms. The van der Waals surface area contributed by atoms with Crippen LogP contribution in [0.15, 0.2) is 0 Å². The van der Waals surface area contributed by atoms with Crippen molar-refractivity contribution in [2.24, 2.45) is 0 Å². The number of aliphatic carboxylic acids is 1. The van der Waals surface area contributed by atoms with Crippen LogP contribution in [0, 0.1) is 0 Å². The quantitative estimate of drug-likeness (QED) is 0.118. The molecule has 33 heavy (non-hydrogen) atoms. The highest BCUT2D eigenvalue weighted by Crippen LogP contribution is 2.17. The van der Waals surface area contributed by atoms with Crippen molar-refractivity contribution < 1.29 is 24.2 Å². The molecule has 0 aliphatic heterocycles. The van der Waals surface area contributed by atoms with E-state index in [1.807, 2.05) is 0 Å². The van der Waals surface area contributed by atoms with Crippen LogP contribution in [-0.2, 0) is 19.1 Å². The maximum atomic E-state index is 12.3. The molecule has 0 bridgehead atoms. The fraction of sp³-hybridized carbons (Fsp3) is 0.889. The van der Waals surface area contributed by atoms with Crippen LogP contribution in [0.1, 0.15) is 142 Å². The molecule has 0 spiro atoms. The zero-order valence-electron chi connectivity index (χ0n) is 21.5. The Hall–Kier alpha value is -1.59. The Kier molecular flexibility index (Phi) is 22.4. The van der Waals surface area contributed by atoms with E-state index in [-0.39, 0.29) is 24.5 Å². The summed E-state index contributed by atoms with van der Waals surface area (Å²) in [5, 5.41) is 11.0. The number of hydrogen-bond acceptors (Lipinski definition) is 4. The number of ether oxygens (including phenoxy) is 1. The van der Waals surface area contributed by atoms with E-state index >= 15 is 0 Å². The van der Waals surface area contributed by atoms with Gasteiger partial charge in [-0.25, -0.2) is 0 Å². The van der Waals surface area contributed by atoms with Crippen molar-refractivity contribution in [2.45, 2.75) is 148 Å². The Morgan fingerprint density at radius 2 is 1.12 bits per heavy atom. The third-order valence-corrected chi connectivity index (χ3v) is 6.03. The lowest BCUT2D eigenvalue weighted by atomic mass is 10.0. The van der Waals surface area contributed by atoms with Gasteiger partial charge in [-0.1, -0.05) is 90.9 Å². The van der Waals surface area contributed by atoms with Gasteiger partial charge >= 0.3 is 11.9 Å². The molecule has 0 saturated carbocycles. The van der Waals surface area contributed by atoms with Crippen LogP contribution in [0.25, 0.3) is 0 Å². The highest BCUT2D eigenvalue weighted by molar-refractivity contribution is 5.80. The summed E-state index contributed by atoms with van der Waals surface area (Å²) < 4.78 is 5.83. The molecule has 0 aromatic heterocycles. The molecule has 0 saturated heterocycles. The summed E-state index contributed by atoms with van der Waals surface area (Å²) in [5.74, 6) is -1.28. The first-order valence-electron chi connectivity index (χ1n) is 13.7. The molecule has 0 heterocycles. The fourth-order valence-corrected chi connectivity index (χ4v) is 3.98. The minimum Gasteiger partial charge on any atom is -0.480 e. The van der Waals surface area contributed by atoms with Crippen LogP contribution < -0.4 is 5.32 Å². The third kappa shape index (κ3) is 23.4. The van der Waals surface area contributed by atoms with Crippen LogP contribution in [0.2, 0.25) is 0 Å². The van der Waals surface area contributed by atoms with Crippen molar-refractivity contribution in [2.75, 3.05) is 6.54 Å². The monoisotopic (exact) mass is 469 g/mol. The molecule has 0 aromatic carbocycles. The Bertz CT molecular complexity index is 495. The summed E-state index contributed by atoms with van der Waals surface area (Å²) in [4.78, 5) is 34.3. The Balaban J connectivity index is 4.01. The molecule has 0 aliphatic carbocycles. The molecule has 194 valence electrons. The molecule has 1 amide bonds. The zero-order chi connectivity index (χ0) is 24.6. The van der Waals surface area contributed by atoms with E-state index in [9.17, 15) is 14.4 Å². The second-order valence-electron chi connectivity index (χ2n) is 9.31. The topological polar surface area (TPSA) is 92.7 Å². The van der Waals surface area contributed by atoms with E-state index in [0.29, 0.717) is 12.8 Å². The average molecular weight is 470 g/mol. The molecule has 0 aromatic rings. The van der Waals surface area contributed by atoms with Gasteiger partial charge in [0.05, 0.1) is 0 Å². The minimum absolute atomic E-state index is 0.0160. The first-order chi connectivity index (χ1) is 16.0. The van der Waals surface area contributed by atoms with Crippen molar-refractivity contribution in [1.29, 1.82) is 0 Å². The number of nitrogens with one attached hydrogen (secondary N) is 1. The minimum atomic E-state index is -1.02. The van der Waals surface area contributed by atoms with Crippen molar-refractivity contribution in [1.82, 2.24) is 5.32 Å². The fourth-order valence-electron chi connectivity index (χ4n) is 3.98. The van der Waals surface area contributed by atoms with Gasteiger partial charge in [-0.2, -0.15) is 0 Å². The summed E-state index contributed by atoms with van der Waals surface area (Å²) in [5.41, 5.74) is 0. The van der Waals surface area contributed by atoms with Gasteiger partial charge < -0.3 is 15.2 Å². The molecule has 0 fully saturated rings. The smallest absolute Gasteiger partial charge is 0.322 e. The summed E-state index contributed by atoms with van der Waals surface area (Å²) in [6.45, 7) is 4.11. The number of amides is 1. The Morgan fingerprint density at radius 3 is 1.67 bits per heavy atom. The second-order valence-corrected chi connectivity index (χ2v) is 9.31. The third-order valence-electron chi connectivity index (χ3n) is 6.03. The first-order valence-corrected chi connectivity index (χ1v) is 13.7. The molecular formula is C27H51NO5. The summed E-state index contributed by atoms with van der Waals surface area (Å²) in [6.07, 6.45) is 20.9. The van der Waals surface area contributed by atoms with E-state index in [2.05, 4.69) is 19.2 Å². The first kappa shape index (κ1) is 31.4. The molecule has 0 radical (unpaired) electrons. The van der Waals surface area contributed by atoms with E-state index in [4.69, 9.17) is 9.84 Å². The molecular weight excluding hydrogens is 418 g/mol. The highest BCUT2D eigenvalue weighted by Gasteiger charge is 2.14. The lowest BCUT2D eigenvalue weighted by Crippen LogP contribution is -2.28. The number of carbonyl (C=O) groups excluding carboxylic acids is 2. The van der Waals surface area contributed by atoms with Crippen LogP contribution in [-0.4, -0.2) is 35.6 Å². The lowest BCUT2D eigenvalue weighted by Gasteiger charge is -2.18. The van der Waals surface area contributed by atoms with Crippen molar-refractivity contribution in [3.05, 3.63) is 0 Å². The van der Waals surface area contributed by atoms with E-state index in [1.54, 1.807) is 0 Å². The number of carbonyl (C=O) groups is 3. The largest absolute Gasteiger partial charge is 0.480 e. The van der Waals surface area contributed by atoms with Gasteiger partial charge in [0.1, 0.15) is 12.6 Å². The van der Waals surface area contributed by atoms with Gasteiger partial charge in [0.25, 0.3) is 0 Å². The highest BCUT2D eigenvalue weighted by atomic mass is 16.5. The van der Waals surface area contributed by atoms with E-state index < -0.39 is 5.97 Å². The van der Waals surface area contributed by atoms with Gasteiger partial charge in [-0.05, 0) is 38.5 Å². The van der Waals surface area contributed by atoms with Gasteiger partial charge in [0.2, 0.25) is 5.91 Å². The molecule has 1 atom stereocenters. The summed E-state index contributed by atoms with van der Waals surface area (Å²) in [6, 6.07) is 0. The second kappa shape index (κ2) is 23.6. The van der Waals surface area contributed by atoms with Gasteiger partial charge in [-0.15, -0.1) is 0 Å². The maximum Gasteiger partial charge on any atom is 0.322 e. The van der Waals surface area contributed by atoms with Crippen molar-refractivity contribution >= 4 is 17.8 Å². The average Bonchev–Trinajstić information content (AvgIpc) is 2.79. The number of rotatable bonds is 24. The Labute approximate surface area is 202 Å². The van der Waals surface area contributed by atoms with Gasteiger partial charge in [0, 0.05) is 12.8 Å². The SMILES string of the molecule is CCCCCCCCCCC(=O)OC(CCCCCC)CCCCCCC(=O)NCC(=O)O. The van der Waals surface area contributed by atoms with Crippen LogP contribution in [0.5, 0.6) is 0 Å². The molecule has 6 nitrogen and oxygen atoms in total. The number of carboxylic acids is 1.